The lowest BCUT2D eigenvalue weighted by atomic mass is 10.1. The third kappa shape index (κ3) is 8.05. The van der Waals surface area contributed by atoms with Crippen LogP contribution in [0.25, 0.3) is 0 Å². The Balaban J connectivity index is 0.00000300. The first-order valence-corrected chi connectivity index (χ1v) is 9.96. The summed E-state index contributed by atoms with van der Waals surface area (Å²) in [5.41, 5.74) is 3.58. The second kappa shape index (κ2) is 11.8. The number of rotatable bonds is 8. The number of carbonyl (C=O) groups excluding carboxylic acids is 1. The van der Waals surface area contributed by atoms with Crippen LogP contribution < -0.4 is 15.4 Å². The van der Waals surface area contributed by atoms with Crippen molar-refractivity contribution >= 4 is 18.3 Å². The maximum atomic E-state index is 12.2. The summed E-state index contributed by atoms with van der Waals surface area (Å²) in [7, 11) is 0. The van der Waals surface area contributed by atoms with Gasteiger partial charge in [0.15, 0.2) is 0 Å². The van der Waals surface area contributed by atoms with Crippen LogP contribution in [0.1, 0.15) is 30.0 Å². The monoisotopic (exact) mass is 418 g/mol. The molecule has 0 spiro atoms. The molecular formula is C23H31ClN2O3. The second-order valence-electron chi connectivity index (χ2n) is 7.52. The van der Waals surface area contributed by atoms with Gasteiger partial charge in [0.2, 0.25) is 5.91 Å². The number of carbonyl (C=O) groups is 1. The van der Waals surface area contributed by atoms with E-state index in [4.69, 9.17) is 9.47 Å². The molecule has 1 aliphatic rings. The van der Waals surface area contributed by atoms with Crippen molar-refractivity contribution in [3.8, 4) is 5.75 Å². The highest BCUT2D eigenvalue weighted by molar-refractivity contribution is 5.85. The summed E-state index contributed by atoms with van der Waals surface area (Å²) in [4.78, 5) is 12.2. The van der Waals surface area contributed by atoms with Crippen LogP contribution in [0.5, 0.6) is 5.75 Å². The van der Waals surface area contributed by atoms with Crippen LogP contribution in [-0.4, -0.2) is 37.7 Å². The SMILES string of the molecule is Cc1ccc(COc2ccc(CC(C)NC(=O)CC3COCCN3)cc2)cc1.Cl. The molecule has 3 rings (SSSR count). The molecule has 2 unspecified atom stereocenters. The van der Waals surface area contributed by atoms with Gasteiger partial charge in [-0.2, -0.15) is 0 Å². The van der Waals surface area contributed by atoms with E-state index in [0.717, 1.165) is 30.9 Å². The van der Waals surface area contributed by atoms with Crippen molar-refractivity contribution < 1.29 is 14.3 Å². The fourth-order valence-electron chi connectivity index (χ4n) is 3.29. The summed E-state index contributed by atoms with van der Waals surface area (Å²) in [6, 6.07) is 16.6. The summed E-state index contributed by atoms with van der Waals surface area (Å²) >= 11 is 0. The van der Waals surface area contributed by atoms with E-state index in [2.05, 4.69) is 54.0 Å². The average Bonchev–Trinajstić information content (AvgIpc) is 2.69. The molecule has 2 aromatic rings. The lowest BCUT2D eigenvalue weighted by molar-refractivity contribution is -0.122. The van der Waals surface area contributed by atoms with Crippen LogP contribution in [0.4, 0.5) is 0 Å². The van der Waals surface area contributed by atoms with E-state index in [1.165, 1.54) is 11.1 Å². The molecule has 29 heavy (non-hydrogen) atoms. The first-order valence-electron chi connectivity index (χ1n) is 9.96. The minimum atomic E-state index is 0. The lowest BCUT2D eigenvalue weighted by Gasteiger charge is -2.24. The number of amides is 1. The normalized spacial score (nSPS) is 17.1. The number of hydrogen-bond donors (Lipinski definition) is 2. The molecule has 1 heterocycles. The smallest absolute Gasteiger partial charge is 0.221 e. The minimum absolute atomic E-state index is 0. The van der Waals surface area contributed by atoms with E-state index in [0.29, 0.717) is 19.6 Å². The summed E-state index contributed by atoms with van der Waals surface area (Å²) < 4.78 is 11.2. The van der Waals surface area contributed by atoms with Crippen LogP contribution in [0.3, 0.4) is 0 Å². The van der Waals surface area contributed by atoms with Crippen LogP contribution >= 0.6 is 12.4 Å². The molecule has 6 heteroatoms. The Morgan fingerprint density at radius 2 is 1.86 bits per heavy atom. The van der Waals surface area contributed by atoms with Crippen molar-refractivity contribution in [1.82, 2.24) is 10.6 Å². The summed E-state index contributed by atoms with van der Waals surface area (Å²) in [5.74, 6) is 0.915. The highest BCUT2D eigenvalue weighted by Crippen LogP contribution is 2.16. The molecule has 5 nitrogen and oxygen atoms in total. The number of morpholine rings is 1. The van der Waals surface area contributed by atoms with Crippen molar-refractivity contribution in [1.29, 1.82) is 0 Å². The van der Waals surface area contributed by atoms with Gasteiger partial charge in [0, 0.05) is 25.0 Å². The van der Waals surface area contributed by atoms with E-state index >= 15 is 0 Å². The van der Waals surface area contributed by atoms with Crippen LogP contribution in [0.15, 0.2) is 48.5 Å². The molecule has 0 aromatic heterocycles. The highest BCUT2D eigenvalue weighted by Gasteiger charge is 2.18. The third-order valence-electron chi connectivity index (χ3n) is 4.83. The standard InChI is InChI=1S/C23H30N2O3.ClH/c1-17-3-5-20(6-4-17)15-28-22-9-7-19(8-10-22)13-18(2)25-23(26)14-21-16-27-12-11-24-21;/h3-10,18,21,24H,11-16H2,1-2H3,(H,25,26);1H. The van der Waals surface area contributed by atoms with Gasteiger partial charge in [-0.1, -0.05) is 42.0 Å². The van der Waals surface area contributed by atoms with Gasteiger partial charge in [-0.25, -0.2) is 0 Å². The molecule has 0 radical (unpaired) electrons. The van der Waals surface area contributed by atoms with Crippen molar-refractivity contribution in [2.45, 2.75) is 45.4 Å². The maximum Gasteiger partial charge on any atom is 0.221 e. The fraction of sp³-hybridized carbons (Fsp3) is 0.435. The fourth-order valence-corrected chi connectivity index (χ4v) is 3.29. The summed E-state index contributed by atoms with van der Waals surface area (Å²) in [6.07, 6.45) is 1.24. The Kier molecular flexibility index (Phi) is 9.45. The predicted octanol–water partition coefficient (Wildman–Crippen LogP) is 3.42. The quantitative estimate of drug-likeness (QED) is 0.689. The van der Waals surface area contributed by atoms with Gasteiger partial charge in [-0.3, -0.25) is 4.79 Å². The summed E-state index contributed by atoms with van der Waals surface area (Å²) in [6.45, 7) is 6.81. The summed E-state index contributed by atoms with van der Waals surface area (Å²) in [5, 5.41) is 6.38. The first-order chi connectivity index (χ1) is 13.6. The topological polar surface area (TPSA) is 59.6 Å². The minimum Gasteiger partial charge on any atom is -0.489 e. The van der Waals surface area contributed by atoms with E-state index < -0.39 is 0 Å². The molecule has 2 N–H and O–H groups in total. The molecule has 2 atom stereocenters. The Hall–Kier alpha value is -2.08. The van der Waals surface area contributed by atoms with Gasteiger partial charge in [-0.05, 0) is 43.5 Å². The molecule has 0 aliphatic carbocycles. The van der Waals surface area contributed by atoms with Gasteiger partial charge in [0.25, 0.3) is 0 Å². The molecule has 0 saturated carbocycles. The number of hydrogen-bond acceptors (Lipinski definition) is 4. The molecule has 158 valence electrons. The number of benzene rings is 2. The molecule has 0 bridgehead atoms. The molecule has 1 aliphatic heterocycles. The zero-order valence-corrected chi connectivity index (χ0v) is 18.0. The van der Waals surface area contributed by atoms with Gasteiger partial charge in [0.1, 0.15) is 12.4 Å². The van der Waals surface area contributed by atoms with E-state index in [1.54, 1.807) is 0 Å². The Labute approximate surface area is 179 Å². The van der Waals surface area contributed by atoms with Crippen LogP contribution in [-0.2, 0) is 22.6 Å². The number of halogens is 1. The zero-order valence-electron chi connectivity index (χ0n) is 17.1. The van der Waals surface area contributed by atoms with Crippen LogP contribution in [0, 0.1) is 6.92 Å². The largest absolute Gasteiger partial charge is 0.489 e. The Bertz CT molecular complexity index is 744. The first kappa shape index (κ1) is 23.2. The van der Waals surface area contributed by atoms with Gasteiger partial charge < -0.3 is 20.1 Å². The van der Waals surface area contributed by atoms with E-state index in [9.17, 15) is 4.79 Å². The van der Waals surface area contributed by atoms with E-state index in [-0.39, 0.29) is 30.4 Å². The number of nitrogens with one attached hydrogen (secondary N) is 2. The second-order valence-corrected chi connectivity index (χ2v) is 7.52. The molecule has 1 saturated heterocycles. The number of aryl methyl sites for hydroxylation is 1. The predicted molar refractivity (Wildman–Crippen MR) is 118 cm³/mol. The van der Waals surface area contributed by atoms with Crippen molar-refractivity contribution in [3.63, 3.8) is 0 Å². The third-order valence-corrected chi connectivity index (χ3v) is 4.83. The Morgan fingerprint density at radius 3 is 2.52 bits per heavy atom. The van der Waals surface area contributed by atoms with E-state index in [1.807, 2.05) is 19.1 Å². The molecule has 1 amide bonds. The van der Waals surface area contributed by atoms with Gasteiger partial charge in [-0.15, -0.1) is 12.4 Å². The van der Waals surface area contributed by atoms with Crippen molar-refractivity contribution in [2.24, 2.45) is 0 Å². The molecular weight excluding hydrogens is 388 g/mol. The van der Waals surface area contributed by atoms with Crippen molar-refractivity contribution in [2.75, 3.05) is 19.8 Å². The average molecular weight is 419 g/mol. The van der Waals surface area contributed by atoms with Gasteiger partial charge in [0.05, 0.1) is 13.2 Å². The maximum absolute atomic E-state index is 12.2. The Morgan fingerprint density at radius 1 is 1.17 bits per heavy atom. The number of ether oxygens (including phenoxy) is 2. The van der Waals surface area contributed by atoms with Gasteiger partial charge >= 0.3 is 0 Å². The molecule has 2 aromatic carbocycles. The lowest BCUT2D eigenvalue weighted by Crippen LogP contribution is -2.45. The van der Waals surface area contributed by atoms with Crippen LogP contribution in [0.2, 0.25) is 0 Å². The zero-order chi connectivity index (χ0) is 19.8. The van der Waals surface area contributed by atoms with Crippen molar-refractivity contribution in [3.05, 3.63) is 65.2 Å². The highest BCUT2D eigenvalue weighted by atomic mass is 35.5. The molecule has 1 fully saturated rings.